The van der Waals surface area contributed by atoms with E-state index in [-0.39, 0.29) is 5.54 Å². The van der Waals surface area contributed by atoms with Gasteiger partial charge in [0.15, 0.2) is 0 Å². The van der Waals surface area contributed by atoms with E-state index >= 15 is 0 Å². The molecule has 2 N–H and O–H groups in total. The van der Waals surface area contributed by atoms with Crippen molar-refractivity contribution in [3.05, 3.63) is 27.2 Å². The number of hydrogen-bond donors (Lipinski definition) is 2. The monoisotopic (exact) mass is 283 g/mol. The molecule has 0 radical (unpaired) electrons. The van der Waals surface area contributed by atoms with Crippen LogP contribution in [0.5, 0.6) is 5.75 Å². The predicted molar refractivity (Wildman–Crippen MR) is 69.9 cm³/mol. The summed E-state index contributed by atoms with van der Waals surface area (Å²) in [4.78, 5) is 0. The molecule has 0 aliphatic carbocycles. The van der Waals surface area contributed by atoms with E-state index in [9.17, 15) is 5.11 Å². The highest BCUT2D eigenvalue weighted by molar-refractivity contribution is 9.10. The van der Waals surface area contributed by atoms with Gasteiger partial charge in [0.25, 0.3) is 0 Å². The molecule has 1 atom stereocenters. The second-order valence-electron chi connectivity index (χ2n) is 4.89. The Morgan fingerprint density at radius 2 is 2.12 bits per heavy atom. The van der Waals surface area contributed by atoms with Crippen molar-refractivity contribution in [2.75, 3.05) is 6.54 Å². The Morgan fingerprint density at radius 3 is 2.69 bits per heavy atom. The van der Waals surface area contributed by atoms with E-state index in [1.54, 1.807) is 0 Å². The minimum atomic E-state index is -0.0806. The smallest absolute Gasteiger partial charge is 0.135 e. The number of nitrogens with one attached hydrogen (secondary N) is 1. The first-order valence-electron chi connectivity index (χ1n) is 5.70. The van der Waals surface area contributed by atoms with Crippen LogP contribution in [0, 0.1) is 13.8 Å². The van der Waals surface area contributed by atoms with Crippen LogP contribution in [-0.4, -0.2) is 11.7 Å². The van der Waals surface area contributed by atoms with Crippen molar-refractivity contribution in [2.24, 2.45) is 0 Å². The summed E-state index contributed by atoms with van der Waals surface area (Å²) in [6, 6.07) is 1.98. The Kier molecular flexibility index (Phi) is 3.01. The molecule has 0 aromatic heterocycles. The molecule has 1 fully saturated rings. The van der Waals surface area contributed by atoms with Crippen LogP contribution in [0.3, 0.4) is 0 Å². The van der Waals surface area contributed by atoms with Crippen molar-refractivity contribution < 1.29 is 5.11 Å². The van der Waals surface area contributed by atoms with Crippen LogP contribution in [0.15, 0.2) is 10.5 Å². The summed E-state index contributed by atoms with van der Waals surface area (Å²) in [5.41, 5.74) is 3.38. The van der Waals surface area contributed by atoms with Crippen LogP contribution < -0.4 is 5.32 Å². The van der Waals surface area contributed by atoms with Crippen molar-refractivity contribution in [1.82, 2.24) is 5.32 Å². The number of halogens is 1. The average Bonchev–Trinajstić information content (AvgIpc) is 2.63. The third-order valence-electron chi connectivity index (χ3n) is 3.69. The molecule has 0 amide bonds. The molecule has 88 valence electrons. The Morgan fingerprint density at radius 1 is 1.44 bits per heavy atom. The number of rotatable bonds is 1. The molecular formula is C13H18BrNO. The predicted octanol–water partition coefficient (Wildman–Crippen LogP) is 3.37. The van der Waals surface area contributed by atoms with Gasteiger partial charge in [-0.25, -0.2) is 0 Å². The number of phenolic OH excluding ortho intramolecular Hbond substituents is 1. The third kappa shape index (κ3) is 1.76. The van der Waals surface area contributed by atoms with Crippen LogP contribution in [0.1, 0.15) is 36.5 Å². The van der Waals surface area contributed by atoms with Gasteiger partial charge in [0.05, 0.1) is 4.47 Å². The van der Waals surface area contributed by atoms with E-state index in [1.165, 1.54) is 17.5 Å². The average molecular weight is 284 g/mol. The molecule has 1 heterocycles. The Labute approximate surface area is 105 Å². The van der Waals surface area contributed by atoms with Crippen molar-refractivity contribution in [2.45, 2.75) is 39.2 Å². The summed E-state index contributed by atoms with van der Waals surface area (Å²) in [5, 5.41) is 13.7. The summed E-state index contributed by atoms with van der Waals surface area (Å²) in [7, 11) is 0. The van der Waals surface area contributed by atoms with Gasteiger partial charge in [0, 0.05) is 11.1 Å². The standard InChI is InChI=1S/C13H18BrNO/c1-8-7-10(14)12(16)11(9(8)2)13(3)5-4-6-15-13/h7,15-16H,4-6H2,1-3H3. The van der Waals surface area contributed by atoms with E-state index in [0.29, 0.717) is 5.75 Å². The highest BCUT2D eigenvalue weighted by Crippen LogP contribution is 2.42. The lowest BCUT2D eigenvalue weighted by Crippen LogP contribution is -2.34. The minimum Gasteiger partial charge on any atom is -0.506 e. The summed E-state index contributed by atoms with van der Waals surface area (Å²) in [6.07, 6.45) is 2.25. The molecule has 1 aromatic rings. The molecule has 1 aliphatic heterocycles. The lowest BCUT2D eigenvalue weighted by atomic mass is 9.85. The molecule has 1 aliphatic rings. The fraction of sp³-hybridized carbons (Fsp3) is 0.538. The Bertz CT molecular complexity index is 396. The lowest BCUT2D eigenvalue weighted by molar-refractivity contribution is 0.390. The second kappa shape index (κ2) is 4.04. The Balaban J connectivity index is 2.63. The summed E-state index contributed by atoms with van der Waals surface area (Å²) < 4.78 is 0.792. The zero-order valence-corrected chi connectivity index (χ0v) is 11.6. The van der Waals surface area contributed by atoms with Gasteiger partial charge >= 0.3 is 0 Å². The van der Waals surface area contributed by atoms with Crippen molar-refractivity contribution in [1.29, 1.82) is 0 Å². The van der Waals surface area contributed by atoms with Gasteiger partial charge in [0.2, 0.25) is 0 Å². The summed E-state index contributed by atoms with van der Waals surface area (Å²) in [6.45, 7) is 7.37. The van der Waals surface area contributed by atoms with E-state index in [4.69, 9.17) is 0 Å². The van der Waals surface area contributed by atoms with Crippen LogP contribution in [0.2, 0.25) is 0 Å². The number of aromatic hydroxyl groups is 1. The molecule has 0 spiro atoms. The molecule has 1 aromatic carbocycles. The fourth-order valence-corrected chi connectivity index (χ4v) is 3.19. The number of aryl methyl sites for hydroxylation is 1. The zero-order valence-electron chi connectivity index (χ0n) is 10.0. The van der Waals surface area contributed by atoms with E-state index in [2.05, 4.69) is 42.0 Å². The maximum atomic E-state index is 10.2. The highest BCUT2D eigenvalue weighted by atomic mass is 79.9. The molecule has 16 heavy (non-hydrogen) atoms. The largest absolute Gasteiger partial charge is 0.506 e. The van der Waals surface area contributed by atoms with Gasteiger partial charge in [-0.1, -0.05) is 0 Å². The van der Waals surface area contributed by atoms with Gasteiger partial charge in [-0.15, -0.1) is 0 Å². The number of benzene rings is 1. The molecule has 2 rings (SSSR count). The third-order valence-corrected chi connectivity index (χ3v) is 4.30. The highest BCUT2D eigenvalue weighted by Gasteiger charge is 2.34. The molecule has 0 bridgehead atoms. The van der Waals surface area contributed by atoms with Crippen LogP contribution in [0.25, 0.3) is 0 Å². The quantitative estimate of drug-likeness (QED) is 0.828. The maximum absolute atomic E-state index is 10.2. The van der Waals surface area contributed by atoms with Crippen LogP contribution in [0.4, 0.5) is 0 Å². The Hall–Kier alpha value is -0.540. The maximum Gasteiger partial charge on any atom is 0.135 e. The van der Waals surface area contributed by atoms with Gasteiger partial charge in [0.1, 0.15) is 5.75 Å². The van der Waals surface area contributed by atoms with Gasteiger partial charge < -0.3 is 10.4 Å². The topological polar surface area (TPSA) is 32.3 Å². The van der Waals surface area contributed by atoms with E-state index < -0.39 is 0 Å². The van der Waals surface area contributed by atoms with E-state index in [0.717, 1.165) is 23.0 Å². The second-order valence-corrected chi connectivity index (χ2v) is 5.74. The molecule has 2 nitrogen and oxygen atoms in total. The van der Waals surface area contributed by atoms with Crippen molar-refractivity contribution in [3.63, 3.8) is 0 Å². The van der Waals surface area contributed by atoms with Gasteiger partial charge in [-0.3, -0.25) is 0 Å². The first kappa shape index (κ1) is 11.9. The molecule has 1 unspecified atom stereocenters. The summed E-state index contributed by atoms with van der Waals surface area (Å²) >= 11 is 3.42. The van der Waals surface area contributed by atoms with Crippen molar-refractivity contribution >= 4 is 15.9 Å². The normalized spacial score (nSPS) is 25.0. The van der Waals surface area contributed by atoms with Crippen LogP contribution >= 0.6 is 15.9 Å². The molecular weight excluding hydrogens is 266 g/mol. The molecule has 1 saturated heterocycles. The number of hydrogen-bond acceptors (Lipinski definition) is 2. The van der Waals surface area contributed by atoms with Crippen molar-refractivity contribution in [3.8, 4) is 5.75 Å². The lowest BCUT2D eigenvalue weighted by Gasteiger charge is -2.29. The fourth-order valence-electron chi connectivity index (χ4n) is 2.64. The first-order chi connectivity index (χ1) is 7.46. The van der Waals surface area contributed by atoms with E-state index in [1.807, 2.05) is 6.07 Å². The summed E-state index contributed by atoms with van der Waals surface area (Å²) in [5.74, 6) is 0.389. The van der Waals surface area contributed by atoms with Crippen LogP contribution in [-0.2, 0) is 5.54 Å². The first-order valence-corrected chi connectivity index (χ1v) is 6.49. The van der Waals surface area contributed by atoms with Gasteiger partial charge in [-0.05, 0) is 73.3 Å². The van der Waals surface area contributed by atoms with Gasteiger partial charge in [-0.2, -0.15) is 0 Å². The number of phenols is 1. The SMILES string of the molecule is Cc1cc(Br)c(O)c(C2(C)CCCN2)c1C. The molecule has 0 saturated carbocycles. The zero-order chi connectivity index (χ0) is 11.9. The minimum absolute atomic E-state index is 0.0806. The molecule has 3 heteroatoms.